The molecule has 232 valence electrons. The van der Waals surface area contributed by atoms with E-state index in [9.17, 15) is 14.4 Å². The van der Waals surface area contributed by atoms with Crippen molar-refractivity contribution in [2.75, 3.05) is 31.1 Å². The van der Waals surface area contributed by atoms with Crippen molar-refractivity contribution in [1.82, 2.24) is 34.9 Å². The van der Waals surface area contributed by atoms with E-state index < -0.39 is 5.60 Å². The highest BCUT2D eigenvalue weighted by Crippen LogP contribution is 2.28. The Morgan fingerprint density at radius 3 is 2.48 bits per heavy atom. The summed E-state index contributed by atoms with van der Waals surface area (Å²) >= 11 is 0. The number of H-pyrrole nitrogens is 1. The van der Waals surface area contributed by atoms with Crippen LogP contribution in [0.25, 0.3) is 22.3 Å². The molecule has 0 saturated carbocycles. The zero-order chi connectivity index (χ0) is 31.8. The van der Waals surface area contributed by atoms with E-state index in [1.165, 1.54) is 0 Å². The van der Waals surface area contributed by atoms with E-state index in [-0.39, 0.29) is 30.1 Å². The summed E-state index contributed by atoms with van der Waals surface area (Å²) in [4.78, 5) is 54.8. The summed E-state index contributed by atoms with van der Waals surface area (Å²) in [5.74, 6) is 0.430. The van der Waals surface area contributed by atoms with Gasteiger partial charge in [0, 0.05) is 61.8 Å². The quantitative estimate of drug-likeness (QED) is 0.333. The van der Waals surface area contributed by atoms with Gasteiger partial charge in [0.1, 0.15) is 11.4 Å². The minimum absolute atomic E-state index is 0.0224. The smallest absolute Gasteiger partial charge is 0.410 e. The van der Waals surface area contributed by atoms with Gasteiger partial charge in [-0.3, -0.25) is 9.59 Å². The number of pyridine rings is 3. The minimum atomic E-state index is -0.546. The summed E-state index contributed by atoms with van der Waals surface area (Å²) in [5.41, 5.74) is 3.75. The molecule has 1 aliphatic rings. The third kappa shape index (κ3) is 6.58. The van der Waals surface area contributed by atoms with Crippen LogP contribution >= 0.6 is 0 Å². The molecular weight excluding hydrogens is 560 g/mol. The van der Waals surface area contributed by atoms with Gasteiger partial charge in [-0.05, 0) is 78.3 Å². The highest BCUT2D eigenvalue weighted by Gasteiger charge is 2.27. The molecule has 12 nitrogen and oxygen atoms in total. The Morgan fingerprint density at radius 1 is 1.09 bits per heavy atom. The predicted molar refractivity (Wildman–Crippen MR) is 169 cm³/mol. The van der Waals surface area contributed by atoms with Crippen molar-refractivity contribution >= 4 is 28.9 Å². The van der Waals surface area contributed by atoms with Crippen LogP contribution in [0.2, 0.25) is 0 Å². The van der Waals surface area contributed by atoms with Crippen molar-refractivity contribution in [2.45, 2.75) is 66.7 Å². The first-order valence-electron chi connectivity index (χ1n) is 14.9. The monoisotopic (exact) mass is 600 g/mol. The van der Waals surface area contributed by atoms with E-state index >= 15 is 0 Å². The fourth-order valence-corrected chi connectivity index (χ4v) is 5.29. The van der Waals surface area contributed by atoms with Gasteiger partial charge in [0.2, 0.25) is 0 Å². The maximum atomic E-state index is 13.6. The number of hydrogen-bond acceptors (Lipinski definition) is 8. The summed E-state index contributed by atoms with van der Waals surface area (Å²) in [6.45, 7) is 15.6. The molecule has 0 radical (unpaired) electrons. The Hall–Kier alpha value is -4.74. The highest BCUT2D eigenvalue weighted by molar-refractivity contribution is 6.06. The number of piperazine rings is 1. The fraction of sp³-hybridized carbons (Fsp3) is 0.438. The van der Waals surface area contributed by atoms with Crippen LogP contribution in [0.1, 0.15) is 67.8 Å². The molecule has 2 N–H and O–H groups in total. The van der Waals surface area contributed by atoms with Crippen LogP contribution < -0.4 is 15.8 Å². The van der Waals surface area contributed by atoms with Crippen molar-refractivity contribution in [3.8, 4) is 11.3 Å². The van der Waals surface area contributed by atoms with Gasteiger partial charge in [0.15, 0.2) is 5.65 Å². The SMILES string of the molecule is Cc1cc(C)c(CNC(=O)c2cc(-c3ccnc(N4CCN(C(=O)OC(C)(C)C)CC4)c3)nc3c2cnn3C(C)C)c(=O)[nH]1. The Kier molecular flexibility index (Phi) is 8.44. The lowest BCUT2D eigenvalue weighted by atomic mass is 10.1. The molecule has 2 amide bonds. The molecule has 1 saturated heterocycles. The van der Waals surface area contributed by atoms with Gasteiger partial charge in [-0.15, -0.1) is 0 Å². The molecule has 0 bridgehead atoms. The van der Waals surface area contributed by atoms with E-state index in [2.05, 4.69) is 25.3 Å². The van der Waals surface area contributed by atoms with Crippen molar-refractivity contribution in [1.29, 1.82) is 0 Å². The van der Waals surface area contributed by atoms with Crippen molar-refractivity contribution in [2.24, 2.45) is 0 Å². The Bertz CT molecular complexity index is 1760. The van der Waals surface area contributed by atoms with Crippen LogP contribution in [0.3, 0.4) is 0 Å². The summed E-state index contributed by atoms with van der Waals surface area (Å²) in [6.07, 6.45) is 3.07. The molecule has 4 aromatic heterocycles. The van der Waals surface area contributed by atoms with Gasteiger partial charge in [0.05, 0.1) is 22.8 Å². The molecule has 0 aliphatic carbocycles. The Morgan fingerprint density at radius 2 is 1.82 bits per heavy atom. The van der Waals surface area contributed by atoms with E-state index in [1.807, 2.05) is 66.7 Å². The largest absolute Gasteiger partial charge is 0.444 e. The maximum absolute atomic E-state index is 13.6. The van der Waals surface area contributed by atoms with E-state index in [1.54, 1.807) is 28.0 Å². The Labute approximate surface area is 256 Å². The lowest BCUT2D eigenvalue weighted by Crippen LogP contribution is -2.50. The molecule has 1 fully saturated rings. The van der Waals surface area contributed by atoms with Gasteiger partial charge >= 0.3 is 6.09 Å². The standard InChI is InChI=1S/C32H40N8O4/c1-19(2)40-28-25(18-35-40)23(29(41)34-17-24-20(3)14-21(4)36-30(24)42)16-26(37-28)22-8-9-33-27(15-22)38-10-12-39(13-11-38)31(43)44-32(5,6)7/h8-9,14-16,18-19H,10-13,17H2,1-7H3,(H,34,41)(H,36,42). The molecule has 0 unspecified atom stereocenters. The van der Waals surface area contributed by atoms with Gasteiger partial charge in [-0.2, -0.15) is 5.10 Å². The number of aromatic nitrogens is 5. The van der Waals surface area contributed by atoms with E-state index in [4.69, 9.17) is 9.72 Å². The Balaban J connectivity index is 1.42. The van der Waals surface area contributed by atoms with Crippen LogP contribution in [0.15, 0.2) is 41.5 Å². The molecule has 5 heterocycles. The highest BCUT2D eigenvalue weighted by atomic mass is 16.6. The number of nitrogens with zero attached hydrogens (tertiary/aromatic N) is 6. The zero-order valence-corrected chi connectivity index (χ0v) is 26.4. The predicted octanol–water partition coefficient (Wildman–Crippen LogP) is 4.37. The average Bonchev–Trinajstić information content (AvgIpc) is 3.40. The summed E-state index contributed by atoms with van der Waals surface area (Å²) in [5, 5.41) is 8.08. The van der Waals surface area contributed by atoms with Crippen LogP contribution in [0.5, 0.6) is 0 Å². The summed E-state index contributed by atoms with van der Waals surface area (Å²) in [6, 6.07) is 7.48. The first kappa shape index (κ1) is 30.7. The average molecular weight is 601 g/mol. The second kappa shape index (κ2) is 12.1. The lowest BCUT2D eigenvalue weighted by molar-refractivity contribution is 0.0240. The van der Waals surface area contributed by atoms with E-state index in [0.717, 1.165) is 22.6 Å². The maximum Gasteiger partial charge on any atom is 0.410 e. The molecule has 4 aromatic rings. The summed E-state index contributed by atoms with van der Waals surface area (Å²) < 4.78 is 7.32. The van der Waals surface area contributed by atoms with Gasteiger partial charge in [-0.1, -0.05) is 0 Å². The molecule has 0 atom stereocenters. The number of amides is 2. The number of fused-ring (bicyclic) bond motifs is 1. The van der Waals surface area contributed by atoms with Crippen molar-refractivity contribution < 1.29 is 14.3 Å². The van der Waals surface area contributed by atoms with Crippen molar-refractivity contribution in [3.05, 3.63) is 69.4 Å². The number of anilines is 1. The van der Waals surface area contributed by atoms with Crippen LogP contribution in [-0.2, 0) is 11.3 Å². The number of nitrogens with one attached hydrogen (secondary N) is 2. The normalized spacial score (nSPS) is 13.9. The number of aromatic amines is 1. The summed E-state index contributed by atoms with van der Waals surface area (Å²) in [7, 11) is 0. The number of carbonyl (C=O) groups excluding carboxylic acids is 2. The minimum Gasteiger partial charge on any atom is -0.444 e. The van der Waals surface area contributed by atoms with Crippen LogP contribution in [0.4, 0.5) is 10.6 Å². The molecule has 0 spiro atoms. The number of hydrogen-bond donors (Lipinski definition) is 2. The molecule has 5 rings (SSSR count). The molecule has 12 heteroatoms. The van der Waals surface area contributed by atoms with Gasteiger partial charge in [-0.25, -0.2) is 19.4 Å². The first-order chi connectivity index (χ1) is 20.8. The molecule has 0 aromatic carbocycles. The van der Waals surface area contributed by atoms with Crippen molar-refractivity contribution in [3.63, 3.8) is 0 Å². The fourth-order valence-electron chi connectivity index (χ4n) is 5.29. The molecular formula is C32H40N8O4. The zero-order valence-electron chi connectivity index (χ0n) is 26.4. The number of rotatable bonds is 6. The molecule has 44 heavy (non-hydrogen) atoms. The second-order valence-electron chi connectivity index (χ2n) is 12.5. The molecule has 1 aliphatic heterocycles. The topological polar surface area (TPSA) is 138 Å². The first-order valence-corrected chi connectivity index (χ1v) is 14.9. The lowest BCUT2D eigenvalue weighted by Gasteiger charge is -2.36. The third-order valence-electron chi connectivity index (χ3n) is 7.52. The van der Waals surface area contributed by atoms with Gasteiger partial charge in [0.25, 0.3) is 11.5 Å². The number of ether oxygens (including phenoxy) is 1. The third-order valence-corrected chi connectivity index (χ3v) is 7.52. The van der Waals surface area contributed by atoms with Crippen LogP contribution in [0, 0.1) is 13.8 Å². The van der Waals surface area contributed by atoms with Crippen LogP contribution in [-0.4, -0.2) is 73.4 Å². The van der Waals surface area contributed by atoms with Gasteiger partial charge < -0.3 is 24.8 Å². The van der Waals surface area contributed by atoms with E-state index in [0.29, 0.717) is 54.0 Å². The number of carbonyl (C=O) groups is 2. The number of aryl methyl sites for hydroxylation is 2. The second-order valence-corrected chi connectivity index (χ2v) is 12.5.